The zero-order valence-electron chi connectivity index (χ0n) is 19.0. The molecule has 0 aliphatic carbocycles. The number of amides is 1. The van der Waals surface area contributed by atoms with Crippen molar-refractivity contribution in [1.29, 1.82) is 0 Å². The Balaban J connectivity index is 1.40. The Kier molecular flexibility index (Phi) is 5.89. The van der Waals surface area contributed by atoms with Crippen molar-refractivity contribution in [1.82, 2.24) is 4.90 Å². The first-order valence-corrected chi connectivity index (χ1v) is 12.4. The van der Waals surface area contributed by atoms with E-state index in [1.54, 1.807) is 17.4 Å². The number of fused-ring (bicyclic) bond motifs is 1. The molecule has 2 aromatic rings. The van der Waals surface area contributed by atoms with Crippen molar-refractivity contribution >= 4 is 34.1 Å². The van der Waals surface area contributed by atoms with Crippen LogP contribution in [0.2, 0.25) is 0 Å². The van der Waals surface area contributed by atoms with Crippen LogP contribution in [0.3, 0.4) is 0 Å². The third kappa shape index (κ3) is 4.37. The summed E-state index contributed by atoms with van der Waals surface area (Å²) in [5, 5.41) is 14.2. The molecular weight excluding hydrogens is 439 g/mol. The molecule has 1 amide bonds. The molecule has 1 unspecified atom stereocenters. The highest BCUT2D eigenvalue weighted by molar-refractivity contribution is 7.10. The van der Waals surface area contributed by atoms with Gasteiger partial charge in [-0.05, 0) is 86.9 Å². The molecule has 1 atom stereocenters. The Hall–Kier alpha value is -2.48. The number of halogens is 1. The molecule has 3 aliphatic rings. The number of piperidine rings is 1. The monoisotopic (exact) mass is 468 g/mol. The number of nitrogens with zero attached hydrogens (tertiary/aromatic N) is 1. The van der Waals surface area contributed by atoms with E-state index < -0.39 is 5.60 Å². The number of hydrogen-bond acceptors (Lipinski definition) is 5. The van der Waals surface area contributed by atoms with Gasteiger partial charge in [-0.25, -0.2) is 4.39 Å². The van der Waals surface area contributed by atoms with Crippen molar-refractivity contribution in [3.8, 4) is 0 Å². The van der Waals surface area contributed by atoms with Gasteiger partial charge in [0.2, 0.25) is 0 Å². The van der Waals surface area contributed by atoms with Gasteiger partial charge in [0.25, 0.3) is 5.91 Å². The number of ether oxygens (including phenoxy) is 1. The number of thiophene rings is 1. The average molecular weight is 469 g/mol. The molecule has 0 radical (unpaired) electrons. The normalized spacial score (nSPS) is 24.4. The predicted molar refractivity (Wildman–Crippen MR) is 129 cm³/mol. The van der Waals surface area contributed by atoms with Crippen molar-refractivity contribution in [2.45, 2.75) is 45.3 Å². The Morgan fingerprint density at radius 1 is 1.33 bits per heavy atom. The van der Waals surface area contributed by atoms with E-state index in [0.717, 1.165) is 37.2 Å². The highest BCUT2D eigenvalue weighted by Gasteiger charge is 2.38. The number of likely N-dealkylation sites (tertiary alicyclic amines) is 1. The van der Waals surface area contributed by atoms with Gasteiger partial charge in [-0.3, -0.25) is 9.69 Å². The molecule has 0 bridgehead atoms. The summed E-state index contributed by atoms with van der Waals surface area (Å²) >= 11 is 1.75. The van der Waals surface area contributed by atoms with E-state index >= 15 is 0 Å². The van der Waals surface area contributed by atoms with E-state index in [-0.39, 0.29) is 18.3 Å². The standard InChI is InChI=1S/C26H29FN2O3S/c1-26(2)21(12-23(32-26)24-20-6-5-18(27)11-22(20)28-25(24)31)17-10-19(33-15-17)14-29-8-3-4-16(13-29)7-9-30/h5-6,10-12,15-16,30H,3-4,7-9,13-14H2,1-2H3,(H,28,31). The van der Waals surface area contributed by atoms with Gasteiger partial charge in [0, 0.05) is 35.7 Å². The van der Waals surface area contributed by atoms with Gasteiger partial charge in [0.15, 0.2) is 0 Å². The van der Waals surface area contributed by atoms with Crippen LogP contribution in [0, 0.1) is 11.7 Å². The number of anilines is 1. The van der Waals surface area contributed by atoms with Gasteiger partial charge in [0.1, 0.15) is 17.2 Å². The number of nitrogens with one attached hydrogen (secondary N) is 1. The lowest BCUT2D eigenvalue weighted by Crippen LogP contribution is -2.35. The van der Waals surface area contributed by atoms with Crippen molar-refractivity contribution in [3.63, 3.8) is 0 Å². The second-order valence-corrected chi connectivity index (χ2v) is 10.6. The zero-order valence-corrected chi connectivity index (χ0v) is 19.8. The number of rotatable bonds is 5. The van der Waals surface area contributed by atoms with Crippen LogP contribution >= 0.6 is 11.3 Å². The van der Waals surface area contributed by atoms with Crippen molar-refractivity contribution in [2.75, 3.05) is 25.0 Å². The SMILES string of the molecule is CC1(C)OC(=C2C(=O)Nc3cc(F)ccc32)C=C1c1csc(CN2CCCC(CCO)C2)c1. The fraction of sp³-hybridized carbons (Fsp3) is 0.423. The Morgan fingerprint density at radius 3 is 3.00 bits per heavy atom. The molecule has 1 fully saturated rings. The first kappa shape index (κ1) is 22.3. The lowest BCUT2D eigenvalue weighted by atomic mass is 9.93. The predicted octanol–water partition coefficient (Wildman–Crippen LogP) is 5.04. The quantitative estimate of drug-likeness (QED) is 0.604. The molecule has 5 rings (SSSR count). The minimum atomic E-state index is -0.582. The van der Waals surface area contributed by atoms with E-state index in [9.17, 15) is 14.3 Å². The van der Waals surface area contributed by atoms with Gasteiger partial charge in [-0.1, -0.05) is 0 Å². The number of carbonyl (C=O) groups is 1. The summed E-state index contributed by atoms with van der Waals surface area (Å²) < 4.78 is 19.9. The molecule has 33 heavy (non-hydrogen) atoms. The molecule has 2 N–H and O–H groups in total. The van der Waals surface area contributed by atoms with Gasteiger partial charge < -0.3 is 15.2 Å². The highest BCUT2D eigenvalue weighted by atomic mass is 32.1. The lowest BCUT2D eigenvalue weighted by Gasteiger charge is -2.32. The molecular formula is C26H29FN2O3S. The highest BCUT2D eigenvalue weighted by Crippen LogP contribution is 2.45. The topological polar surface area (TPSA) is 61.8 Å². The second kappa shape index (κ2) is 8.70. The first-order chi connectivity index (χ1) is 15.8. The van der Waals surface area contributed by atoms with Crippen LogP contribution in [0.25, 0.3) is 11.1 Å². The molecule has 5 nitrogen and oxygen atoms in total. The summed E-state index contributed by atoms with van der Waals surface area (Å²) in [6, 6.07) is 6.55. The lowest BCUT2D eigenvalue weighted by molar-refractivity contribution is -0.111. The molecule has 1 saturated heterocycles. The van der Waals surface area contributed by atoms with Gasteiger partial charge in [0.05, 0.1) is 11.3 Å². The molecule has 3 aliphatic heterocycles. The first-order valence-electron chi connectivity index (χ1n) is 11.5. The van der Waals surface area contributed by atoms with E-state index in [1.807, 2.05) is 19.9 Å². The maximum Gasteiger partial charge on any atom is 0.260 e. The minimum Gasteiger partial charge on any atom is -0.482 e. The average Bonchev–Trinajstić information content (AvgIpc) is 3.42. The minimum absolute atomic E-state index is 0.264. The molecule has 0 saturated carbocycles. The van der Waals surface area contributed by atoms with E-state index in [4.69, 9.17) is 4.74 Å². The van der Waals surface area contributed by atoms with Gasteiger partial charge in [-0.15, -0.1) is 11.3 Å². The molecule has 1 aromatic heterocycles. The third-order valence-corrected chi connectivity index (χ3v) is 7.67. The van der Waals surface area contributed by atoms with E-state index in [1.165, 1.54) is 29.9 Å². The number of aliphatic hydroxyl groups is 1. The van der Waals surface area contributed by atoms with Crippen LogP contribution in [0.5, 0.6) is 0 Å². The molecule has 4 heterocycles. The fourth-order valence-corrected chi connectivity index (χ4v) is 6.07. The Bertz CT molecular complexity index is 1150. The summed E-state index contributed by atoms with van der Waals surface area (Å²) in [6.45, 7) is 7.32. The fourth-order valence-electron chi connectivity index (χ4n) is 5.15. The van der Waals surface area contributed by atoms with Crippen LogP contribution in [0.4, 0.5) is 10.1 Å². The third-order valence-electron chi connectivity index (χ3n) is 6.75. The summed E-state index contributed by atoms with van der Waals surface area (Å²) in [7, 11) is 0. The van der Waals surface area contributed by atoms with Crippen LogP contribution in [0.1, 0.15) is 49.1 Å². The Morgan fingerprint density at radius 2 is 2.18 bits per heavy atom. The number of benzene rings is 1. The van der Waals surface area contributed by atoms with Crippen LogP contribution in [-0.4, -0.2) is 41.2 Å². The van der Waals surface area contributed by atoms with E-state index in [0.29, 0.717) is 28.5 Å². The number of hydrogen-bond donors (Lipinski definition) is 2. The molecule has 174 valence electrons. The summed E-state index contributed by atoms with van der Waals surface area (Å²) in [5.41, 5.74) is 3.15. The summed E-state index contributed by atoms with van der Waals surface area (Å²) in [4.78, 5) is 16.4. The number of allylic oxidation sites excluding steroid dienone is 1. The van der Waals surface area contributed by atoms with Crippen LogP contribution < -0.4 is 5.32 Å². The summed E-state index contributed by atoms with van der Waals surface area (Å²) in [6.07, 6.45) is 5.22. The zero-order chi connectivity index (χ0) is 23.2. The summed E-state index contributed by atoms with van der Waals surface area (Å²) in [5.74, 6) is 0.448. The van der Waals surface area contributed by atoms with Crippen molar-refractivity contribution in [3.05, 3.63) is 63.3 Å². The van der Waals surface area contributed by atoms with Crippen molar-refractivity contribution in [2.24, 2.45) is 5.92 Å². The number of aliphatic hydroxyl groups excluding tert-OH is 1. The largest absolute Gasteiger partial charge is 0.482 e. The molecule has 0 spiro atoms. The maximum atomic E-state index is 13.6. The maximum absolute atomic E-state index is 13.6. The molecule has 1 aromatic carbocycles. The van der Waals surface area contributed by atoms with Gasteiger partial charge >= 0.3 is 0 Å². The van der Waals surface area contributed by atoms with Gasteiger partial charge in [-0.2, -0.15) is 0 Å². The Labute approximate surface area is 197 Å². The van der Waals surface area contributed by atoms with Crippen molar-refractivity contribution < 1.29 is 19.0 Å². The van der Waals surface area contributed by atoms with E-state index in [2.05, 4.69) is 21.7 Å². The second-order valence-electron chi connectivity index (χ2n) is 9.61. The van der Waals surface area contributed by atoms with Crippen LogP contribution in [-0.2, 0) is 16.1 Å². The van der Waals surface area contributed by atoms with Crippen LogP contribution in [0.15, 0.2) is 41.5 Å². The molecule has 7 heteroatoms. The smallest absolute Gasteiger partial charge is 0.260 e. The number of carbonyl (C=O) groups excluding carboxylic acids is 1.